The van der Waals surface area contributed by atoms with Crippen LogP contribution in [0.4, 0.5) is 15.8 Å². The summed E-state index contributed by atoms with van der Waals surface area (Å²) in [5.41, 5.74) is 2.63. The van der Waals surface area contributed by atoms with Crippen molar-refractivity contribution >= 4 is 23.0 Å². The van der Waals surface area contributed by atoms with Crippen molar-refractivity contribution in [3.8, 4) is 0 Å². The molecule has 0 unspecified atom stereocenters. The van der Waals surface area contributed by atoms with Crippen LogP contribution in [-0.4, -0.2) is 4.92 Å². The topological polar surface area (TPSA) is 55.2 Å². The third-order valence-electron chi connectivity index (χ3n) is 3.14. The van der Waals surface area contributed by atoms with E-state index >= 15 is 0 Å². The predicted octanol–water partition coefficient (Wildman–Crippen LogP) is 4.62. The summed E-state index contributed by atoms with van der Waals surface area (Å²) in [6.07, 6.45) is 0. The monoisotopic (exact) mass is 308 g/mol. The van der Waals surface area contributed by atoms with Crippen molar-refractivity contribution in [3.05, 3.63) is 68.0 Å². The van der Waals surface area contributed by atoms with Gasteiger partial charge >= 0.3 is 0 Å². The lowest BCUT2D eigenvalue weighted by atomic mass is 10.1. The molecule has 0 aromatic heterocycles. The fourth-order valence-electron chi connectivity index (χ4n) is 2.10. The van der Waals surface area contributed by atoms with E-state index in [0.717, 1.165) is 5.56 Å². The molecule has 0 saturated carbocycles. The largest absolute Gasteiger partial charge is 0.380 e. The molecule has 0 radical (unpaired) electrons. The first-order valence-electron chi connectivity index (χ1n) is 6.32. The summed E-state index contributed by atoms with van der Waals surface area (Å²) < 4.78 is 13.6. The number of nitro benzene ring substituents is 1. The Morgan fingerprint density at radius 1 is 1.24 bits per heavy atom. The number of nitrogens with zero attached hydrogens (tertiary/aromatic N) is 1. The lowest BCUT2D eigenvalue weighted by Gasteiger charge is -2.10. The molecule has 0 aliphatic carbocycles. The number of nitrogens with one attached hydrogen (secondary N) is 1. The van der Waals surface area contributed by atoms with Gasteiger partial charge in [-0.15, -0.1) is 0 Å². The maximum Gasteiger partial charge on any atom is 0.271 e. The highest BCUT2D eigenvalue weighted by molar-refractivity contribution is 6.33. The third-order valence-corrected chi connectivity index (χ3v) is 3.46. The Morgan fingerprint density at radius 3 is 2.38 bits per heavy atom. The van der Waals surface area contributed by atoms with Crippen molar-refractivity contribution < 1.29 is 9.31 Å². The van der Waals surface area contributed by atoms with E-state index in [1.165, 1.54) is 12.1 Å². The minimum absolute atomic E-state index is 0.0565. The van der Waals surface area contributed by atoms with Gasteiger partial charge in [0.25, 0.3) is 5.69 Å². The van der Waals surface area contributed by atoms with E-state index in [1.807, 2.05) is 0 Å². The summed E-state index contributed by atoms with van der Waals surface area (Å²) in [4.78, 5) is 10.1. The molecule has 0 aliphatic rings. The van der Waals surface area contributed by atoms with Crippen LogP contribution < -0.4 is 5.32 Å². The maximum absolute atomic E-state index is 13.6. The van der Waals surface area contributed by atoms with Gasteiger partial charge in [0, 0.05) is 18.7 Å². The smallest absolute Gasteiger partial charge is 0.271 e. The average Bonchev–Trinajstić information content (AvgIpc) is 2.43. The van der Waals surface area contributed by atoms with Gasteiger partial charge in [-0.3, -0.25) is 10.1 Å². The molecule has 6 heteroatoms. The Morgan fingerprint density at radius 2 is 1.86 bits per heavy atom. The first-order chi connectivity index (χ1) is 9.88. The molecule has 0 heterocycles. The van der Waals surface area contributed by atoms with E-state index in [0.29, 0.717) is 23.4 Å². The normalized spacial score (nSPS) is 10.5. The van der Waals surface area contributed by atoms with E-state index in [-0.39, 0.29) is 16.5 Å². The number of hydrogen-bond donors (Lipinski definition) is 1. The second-order valence-corrected chi connectivity index (χ2v) is 5.23. The Hall–Kier alpha value is -2.14. The fraction of sp³-hybridized carbons (Fsp3) is 0.200. The van der Waals surface area contributed by atoms with Crippen molar-refractivity contribution in [2.45, 2.75) is 20.4 Å². The molecule has 2 aromatic rings. The van der Waals surface area contributed by atoms with Crippen LogP contribution in [0.25, 0.3) is 0 Å². The predicted molar refractivity (Wildman–Crippen MR) is 81.3 cm³/mol. The highest BCUT2D eigenvalue weighted by Gasteiger charge is 2.10. The van der Waals surface area contributed by atoms with Gasteiger partial charge in [-0.2, -0.15) is 0 Å². The van der Waals surface area contributed by atoms with E-state index in [4.69, 9.17) is 11.6 Å². The lowest BCUT2D eigenvalue weighted by molar-refractivity contribution is -0.384. The van der Waals surface area contributed by atoms with Crippen molar-refractivity contribution in [2.24, 2.45) is 0 Å². The number of nitro groups is 1. The Balaban J connectivity index is 2.15. The summed E-state index contributed by atoms with van der Waals surface area (Å²) in [6.45, 7) is 3.88. The van der Waals surface area contributed by atoms with Gasteiger partial charge in [-0.25, -0.2) is 4.39 Å². The molecular weight excluding hydrogens is 295 g/mol. The van der Waals surface area contributed by atoms with E-state index in [1.54, 1.807) is 32.0 Å². The zero-order valence-corrected chi connectivity index (χ0v) is 12.4. The van der Waals surface area contributed by atoms with E-state index in [2.05, 4.69) is 5.32 Å². The summed E-state index contributed by atoms with van der Waals surface area (Å²) >= 11 is 6.00. The molecule has 0 amide bonds. The van der Waals surface area contributed by atoms with Gasteiger partial charge < -0.3 is 5.32 Å². The van der Waals surface area contributed by atoms with Crippen LogP contribution in [0.5, 0.6) is 0 Å². The van der Waals surface area contributed by atoms with Crippen molar-refractivity contribution in [2.75, 3.05) is 5.32 Å². The number of benzene rings is 2. The Labute approximate surface area is 126 Å². The second kappa shape index (κ2) is 6.10. The van der Waals surface area contributed by atoms with Crippen LogP contribution in [0.2, 0.25) is 5.02 Å². The minimum atomic E-state index is -0.498. The molecule has 21 heavy (non-hydrogen) atoms. The molecular formula is C15H14ClFN2O2. The molecule has 2 aromatic carbocycles. The molecule has 0 fully saturated rings. The molecule has 1 N–H and O–H groups in total. The van der Waals surface area contributed by atoms with Crippen LogP contribution in [0.15, 0.2) is 30.3 Å². The third kappa shape index (κ3) is 3.49. The zero-order valence-electron chi connectivity index (χ0n) is 11.6. The van der Waals surface area contributed by atoms with Crippen LogP contribution in [-0.2, 0) is 6.54 Å². The van der Waals surface area contributed by atoms with Gasteiger partial charge in [0.2, 0.25) is 0 Å². The van der Waals surface area contributed by atoms with E-state index < -0.39 is 4.92 Å². The number of halogens is 2. The van der Waals surface area contributed by atoms with Gasteiger partial charge in [-0.1, -0.05) is 23.7 Å². The van der Waals surface area contributed by atoms with Crippen molar-refractivity contribution in [3.63, 3.8) is 0 Å². The molecule has 0 atom stereocenters. The zero-order chi connectivity index (χ0) is 15.6. The van der Waals surface area contributed by atoms with Gasteiger partial charge in [-0.05, 0) is 36.6 Å². The van der Waals surface area contributed by atoms with Crippen LogP contribution >= 0.6 is 11.6 Å². The second-order valence-electron chi connectivity index (χ2n) is 4.82. The molecule has 4 nitrogen and oxygen atoms in total. The van der Waals surface area contributed by atoms with Crippen LogP contribution in [0.3, 0.4) is 0 Å². The van der Waals surface area contributed by atoms with E-state index in [9.17, 15) is 14.5 Å². The maximum atomic E-state index is 13.6. The molecule has 0 aliphatic heterocycles. The Bertz CT molecular complexity index is 681. The molecule has 0 bridgehead atoms. The van der Waals surface area contributed by atoms with Crippen molar-refractivity contribution in [1.82, 2.24) is 0 Å². The highest BCUT2D eigenvalue weighted by Crippen LogP contribution is 2.27. The lowest BCUT2D eigenvalue weighted by Crippen LogP contribution is -2.02. The first-order valence-corrected chi connectivity index (χ1v) is 6.69. The fourth-order valence-corrected chi connectivity index (χ4v) is 2.34. The summed E-state index contributed by atoms with van der Waals surface area (Å²) in [5.74, 6) is -0.202. The highest BCUT2D eigenvalue weighted by atomic mass is 35.5. The number of aryl methyl sites for hydroxylation is 2. The average molecular weight is 309 g/mol. The number of non-ortho nitro benzene ring substituents is 1. The number of anilines is 1. The number of hydrogen-bond acceptors (Lipinski definition) is 3. The summed E-state index contributed by atoms with van der Waals surface area (Å²) in [6, 6.07) is 7.76. The Kier molecular flexibility index (Phi) is 4.43. The molecule has 110 valence electrons. The van der Waals surface area contributed by atoms with Crippen LogP contribution in [0, 0.1) is 29.8 Å². The minimum Gasteiger partial charge on any atom is -0.380 e. The van der Waals surface area contributed by atoms with Gasteiger partial charge in [0.1, 0.15) is 5.82 Å². The molecule has 2 rings (SSSR count). The molecule has 0 saturated heterocycles. The standard InChI is InChI=1S/C15H14ClFN2O2/c1-9-5-11(6-10(2)15(9)17)8-18-14-4-3-12(19(20)21)7-13(14)16/h3-7,18H,8H2,1-2H3. The van der Waals surface area contributed by atoms with Crippen LogP contribution in [0.1, 0.15) is 16.7 Å². The summed E-state index contributed by atoms with van der Waals surface area (Å²) in [7, 11) is 0. The SMILES string of the molecule is Cc1cc(CNc2ccc([N+](=O)[O-])cc2Cl)cc(C)c1F. The van der Waals surface area contributed by atoms with Gasteiger partial charge in [0.05, 0.1) is 15.6 Å². The first kappa shape index (κ1) is 15.3. The molecule has 0 spiro atoms. The quantitative estimate of drug-likeness (QED) is 0.662. The summed E-state index contributed by atoms with van der Waals surface area (Å²) in [5, 5.41) is 14.0. The van der Waals surface area contributed by atoms with Crippen molar-refractivity contribution in [1.29, 1.82) is 0 Å². The van der Waals surface area contributed by atoms with Gasteiger partial charge in [0.15, 0.2) is 0 Å². The number of rotatable bonds is 4.